The van der Waals surface area contributed by atoms with E-state index in [0.717, 1.165) is 12.6 Å². The molecule has 3 N–H and O–H groups in total. The zero-order valence-electron chi connectivity index (χ0n) is 9.88. The van der Waals surface area contributed by atoms with Crippen molar-refractivity contribution in [3.63, 3.8) is 0 Å². The van der Waals surface area contributed by atoms with Gasteiger partial charge in [-0.25, -0.2) is 9.37 Å². The van der Waals surface area contributed by atoms with Crippen molar-refractivity contribution in [1.82, 2.24) is 9.97 Å². The topological polar surface area (TPSA) is 80.9 Å². The average molecular weight is 283 g/mol. The lowest BCUT2D eigenvalue weighted by molar-refractivity contribution is -0.122. The SMILES string of the molecule is NC(=O)[C@H]1[C@@H](Nc2nc(Cl)ncc2F)[C@@H]2C=C[C@H]1C2. The molecular weight excluding hydrogens is 271 g/mol. The van der Waals surface area contributed by atoms with Crippen LogP contribution >= 0.6 is 11.6 Å². The molecule has 1 heterocycles. The normalized spacial score (nSPS) is 31.7. The van der Waals surface area contributed by atoms with Crippen LogP contribution in [0.25, 0.3) is 0 Å². The fourth-order valence-electron chi connectivity index (χ4n) is 3.01. The summed E-state index contributed by atoms with van der Waals surface area (Å²) in [5.74, 6) is -1.02. The summed E-state index contributed by atoms with van der Waals surface area (Å²) in [5.41, 5.74) is 5.43. The molecule has 5 nitrogen and oxygen atoms in total. The zero-order chi connectivity index (χ0) is 13.6. The van der Waals surface area contributed by atoms with Gasteiger partial charge in [0.15, 0.2) is 11.6 Å². The van der Waals surface area contributed by atoms with Gasteiger partial charge in [-0.2, -0.15) is 4.98 Å². The van der Waals surface area contributed by atoms with E-state index in [0.29, 0.717) is 0 Å². The predicted octanol–water partition coefficient (Wildman–Crippen LogP) is 1.36. The number of nitrogens with two attached hydrogens (primary N) is 1. The molecule has 4 atom stereocenters. The van der Waals surface area contributed by atoms with Crippen LogP contribution in [0, 0.1) is 23.6 Å². The van der Waals surface area contributed by atoms with Gasteiger partial charge in [-0.05, 0) is 29.9 Å². The first-order valence-corrected chi connectivity index (χ1v) is 6.36. The van der Waals surface area contributed by atoms with Gasteiger partial charge in [0.2, 0.25) is 11.2 Å². The number of fused-ring (bicyclic) bond motifs is 2. The Balaban J connectivity index is 1.88. The molecule has 1 saturated carbocycles. The lowest BCUT2D eigenvalue weighted by Crippen LogP contribution is -2.41. The van der Waals surface area contributed by atoms with Crippen molar-refractivity contribution < 1.29 is 9.18 Å². The molecule has 1 aromatic heterocycles. The molecule has 1 amide bonds. The molecule has 0 radical (unpaired) electrons. The van der Waals surface area contributed by atoms with Crippen LogP contribution in [-0.4, -0.2) is 21.9 Å². The fourth-order valence-corrected chi connectivity index (χ4v) is 3.14. The van der Waals surface area contributed by atoms with E-state index in [-0.39, 0.29) is 40.8 Å². The molecular formula is C12H12ClFN4O. The van der Waals surface area contributed by atoms with E-state index >= 15 is 0 Å². The summed E-state index contributed by atoms with van der Waals surface area (Å²) in [4.78, 5) is 18.9. The van der Waals surface area contributed by atoms with E-state index in [9.17, 15) is 9.18 Å². The average Bonchev–Trinajstić information content (AvgIpc) is 2.94. The van der Waals surface area contributed by atoms with E-state index in [1.54, 1.807) is 0 Å². The molecule has 0 saturated heterocycles. The second kappa shape index (κ2) is 4.45. The first-order valence-electron chi connectivity index (χ1n) is 5.98. The molecule has 100 valence electrons. The minimum atomic E-state index is -0.598. The van der Waals surface area contributed by atoms with Crippen LogP contribution in [0.15, 0.2) is 18.3 Å². The highest BCUT2D eigenvalue weighted by Gasteiger charge is 2.47. The van der Waals surface area contributed by atoms with E-state index < -0.39 is 5.82 Å². The van der Waals surface area contributed by atoms with Gasteiger partial charge < -0.3 is 11.1 Å². The monoisotopic (exact) mass is 282 g/mol. The minimum absolute atomic E-state index is 0.0113. The van der Waals surface area contributed by atoms with Crippen LogP contribution in [0.2, 0.25) is 5.28 Å². The Hall–Kier alpha value is -1.69. The molecule has 1 aromatic rings. The maximum atomic E-state index is 13.6. The largest absolute Gasteiger partial charge is 0.369 e. The number of primary amides is 1. The van der Waals surface area contributed by atoms with Crippen LogP contribution in [0.5, 0.6) is 0 Å². The third-order valence-corrected chi connectivity index (χ3v) is 3.99. The number of anilines is 1. The first-order chi connectivity index (χ1) is 9.06. The summed E-state index contributed by atoms with van der Waals surface area (Å²) in [6, 6.07) is -0.243. The molecule has 0 unspecified atom stereocenters. The number of allylic oxidation sites excluding steroid dienone is 1. The van der Waals surface area contributed by atoms with Crippen LogP contribution in [0.4, 0.5) is 10.2 Å². The Morgan fingerprint density at radius 1 is 1.47 bits per heavy atom. The molecule has 1 fully saturated rings. The van der Waals surface area contributed by atoms with Crippen molar-refractivity contribution >= 4 is 23.3 Å². The highest BCUT2D eigenvalue weighted by Crippen LogP contribution is 2.44. The smallest absolute Gasteiger partial charge is 0.224 e. The van der Waals surface area contributed by atoms with E-state index in [1.807, 2.05) is 12.2 Å². The Bertz CT molecular complexity index is 565. The van der Waals surface area contributed by atoms with Gasteiger partial charge in [0, 0.05) is 6.04 Å². The van der Waals surface area contributed by atoms with Gasteiger partial charge in [-0.15, -0.1) is 0 Å². The number of halogens is 2. The minimum Gasteiger partial charge on any atom is -0.369 e. The van der Waals surface area contributed by atoms with Crippen LogP contribution < -0.4 is 11.1 Å². The number of nitrogens with one attached hydrogen (secondary N) is 1. The van der Waals surface area contributed by atoms with Gasteiger partial charge in [0.25, 0.3) is 0 Å². The standard InChI is InChI=1S/C12H12ClFN4O/c13-12-16-4-7(14)11(18-12)17-9-6-2-1-5(3-6)8(9)10(15)19/h1-2,4-6,8-9H,3H2,(H2,15,19)(H,16,17,18)/t5-,6+,8+,9-/m0/s1. The van der Waals surface area contributed by atoms with Gasteiger partial charge in [0.1, 0.15) is 0 Å². The molecule has 2 aliphatic carbocycles. The number of carbonyl (C=O) groups excluding carboxylic acids is 1. The zero-order valence-corrected chi connectivity index (χ0v) is 10.6. The number of rotatable bonds is 3. The van der Waals surface area contributed by atoms with Crippen molar-refractivity contribution in [2.45, 2.75) is 12.5 Å². The molecule has 0 spiro atoms. The van der Waals surface area contributed by atoms with Crippen LogP contribution in [0.3, 0.4) is 0 Å². The van der Waals surface area contributed by atoms with E-state index in [2.05, 4.69) is 15.3 Å². The Morgan fingerprint density at radius 3 is 2.95 bits per heavy atom. The number of amides is 1. The summed E-state index contributed by atoms with van der Waals surface area (Å²) >= 11 is 5.65. The van der Waals surface area contributed by atoms with E-state index in [1.165, 1.54) is 0 Å². The molecule has 19 heavy (non-hydrogen) atoms. The highest BCUT2D eigenvalue weighted by atomic mass is 35.5. The lowest BCUT2D eigenvalue weighted by Gasteiger charge is -2.27. The third-order valence-electron chi connectivity index (χ3n) is 3.81. The Kier molecular flexibility index (Phi) is 2.89. The number of hydrogen-bond donors (Lipinski definition) is 2. The van der Waals surface area contributed by atoms with Crippen molar-refractivity contribution in [3.05, 3.63) is 29.4 Å². The predicted molar refractivity (Wildman–Crippen MR) is 67.8 cm³/mol. The second-order valence-corrected chi connectivity index (χ2v) is 5.22. The van der Waals surface area contributed by atoms with Crippen LogP contribution in [0.1, 0.15) is 6.42 Å². The van der Waals surface area contributed by atoms with Crippen molar-refractivity contribution in [3.8, 4) is 0 Å². The van der Waals surface area contributed by atoms with Gasteiger partial charge in [0.05, 0.1) is 12.1 Å². The number of aromatic nitrogens is 2. The van der Waals surface area contributed by atoms with Crippen molar-refractivity contribution in [2.24, 2.45) is 23.5 Å². The van der Waals surface area contributed by atoms with Crippen molar-refractivity contribution in [1.29, 1.82) is 0 Å². The second-order valence-electron chi connectivity index (χ2n) is 4.88. The number of nitrogens with zero attached hydrogens (tertiary/aromatic N) is 2. The lowest BCUT2D eigenvalue weighted by atomic mass is 9.88. The summed E-state index contributed by atoms with van der Waals surface area (Å²) in [6.07, 6.45) is 5.88. The quantitative estimate of drug-likeness (QED) is 0.648. The number of carbonyl (C=O) groups is 1. The number of hydrogen-bond acceptors (Lipinski definition) is 4. The Morgan fingerprint density at radius 2 is 2.21 bits per heavy atom. The first kappa shape index (κ1) is 12.3. The Labute approximate surface area is 114 Å². The summed E-state index contributed by atoms with van der Waals surface area (Å²) in [5, 5.41) is 2.91. The molecule has 2 bridgehead atoms. The molecule has 7 heteroatoms. The summed E-state index contributed by atoms with van der Waals surface area (Å²) in [7, 11) is 0. The maximum Gasteiger partial charge on any atom is 0.224 e. The van der Waals surface area contributed by atoms with Crippen molar-refractivity contribution in [2.75, 3.05) is 5.32 Å². The maximum absolute atomic E-state index is 13.6. The highest BCUT2D eigenvalue weighted by molar-refractivity contribution is 6.28. The molecule has 3 rings (SSSR count). The van der Waals surface area contributed by atoms with Gasteiger partial charge >= 0.3 is 0 Å². The fraction of sp³-hybridized carbons (Fsp3) is 0.417. The molecule has 0 aromatic carbocycles. The summed E-state index contributed by atoms with van der Waals surface area (Å²) < 4.78 is 13.6. The van der Waals surface area contributed by atoms with E-state index in [4.69, 9.17) is 17.3 Å². The van der Waals surface area contributed by atoms with Gasteiger partial charge in [-0.3, -0.25) is 4.79 Å². The molecule has 2 aliphatic rings. The summed E-state index contributed by atoms with van der Waals surface area (Å²) in [6.45, 7) is 0. The third kappa shape index (κ3) is 2.06. The van der Waals surface area contributed by atoms with Crippen LogP contribution in [-0.2, 0) is 4.79 Å². The van der Waals surface area contributed by atoms with Gasteiger partial charge in [-0.1, -0.05) is 12.2 Å². The molecule has 0 aliphatic heterocycles.